The molecule has 76 valence electrons. The molecule has 0 fully saturated rings. The monoisotopic (exact) mass is 333 g/mol. The van der Waals surface area contributed by atoms with E-state index in [9.17, 15) is 13.6 Å². The summed E-state index contributed by atoms with van der Waals surface area (Å²) >= 11 is 7.07. The Morgan fingerprint density at radius 1 is 1.64 bits per heavy atom. The molecule has 0 saturated carbocycles. The lowest BCUT2D eigenvalue weighted by atomic mass is 10.2. The van der Waals surface area contributed by atoms with Gasteiger partial charge in [0.1, 0.15) is 16.4 Å². The number of nitrogens with zero attached hydrogens (tertiary/aromatic N) is 1. The first-order valence-electron chi connectivity index (χ1n) is 3.31. The number of halogens is 4. The van der Waals surface area contributed by atoms with Crippen LogP contribution in [0.15, 0.2) is 6.07 Å². The second kappa shape index (κ2) is 4.35. The third-order valence-corrected chi connectivity index (χ3v) is 2.51. The number of aromatic carboxylic acids is 1. The zero-order valence-corrected chi connectivity index (χ0v) is 9.38. The van der Waals surface area contributed by atoms with Gasteiger partial charge in [-0.3, -0.25) is 0 Å². The van der Waals surface area contributed by atoms with Gasteiger partial charge >= 0.3 is 5.97 Å². The minimum absolute atomic E-state index is 0.144. The second-order valence-corrected chi connectivity index (χ2v) is 3.82. The Morgan fingerprint density at radius 2 is 2.21 bits per heavy atom. The van der Waals surface area contributed by atoms with Gasteiger partial charge in [-0.15, -0.1) is 0 Å². The lowest BCUT2D eigenvalue weighted by Crippen LogP contribution is -2.05. The highest BCUT2D eigenvalue weighted by Crippen LogP contribution is 2.25. The first-order valence-corrected chi connectivity index (χ1v) is 4.76. The number of aromatic nitrogens is 1. The summed E-state index contributed by atoms with van der Waals surface area (Å²) < 4.78 is 24.5. The lowest BCUT2D eigenvalue weighted by Gasteiger charge is -2.04. The smallest absolute Gasteiger partial charge is 0.339 e. The quantitative estimate of drug-likeness (QED) is 0.669. The average molecular weight is 333 g/mol. The van der Waals surface area contributed by atoms with Crippen LogP contribution in [0.5, 0.6) is 0 Å². The van der Waals surface area contributed by atoms with E-state index in [-0.39, 0.29) is 9.13 Å². The number of carboxylic acid groups (broad SMARTS) is 1. The van der Waals surface area contributed by atoms with Crippen LogP contribution in [-0.4, -0.2) is 16.1 Å². The number of hydrogen-bond acceptors (Lipinski definition) is 2. The Hall–Kier alpha value is -0.500. The molecule has 1 heterocycles. The largest absolute Gasteiger partial charge is 0.478 e. The van der Waals surface area contributed by atoms with Crippen LogP contribution in [0.25, 0.3) is 0 Å². The van der Waals surface area contributed by atoms with Crippen molar-refractivity contribution in [3.8, 4) is 0 Å². The standard InChI is InChI=1S/C7H3ClF2INO2/c8-5-4(7(13)14)2(11)1-3(12-5)6(9)10/h1,6H,(H,13,14). The SMILES string of the molecule is O=C(O)c1c(I)cc(C(F)F)nc1Cl. The average Bonchev–Trinajstić information content (AvgIpc) is 2.01. The van der Waals surface area contributed by atoms with Crippen LogP contribution in [0.4, 0.5) is 8.78 Å². The molecule has 0 spiro atoms. The first-order chi connectivity index (χ1) is 6.43. The van der Waals surface area contributed by atoms with Crippen LogP contribution >= 0.6 is 34.2 Å². The van der Waals surface area contributed by atoms with Gasteiger partial charge in [0.05, 0.1) is 0 Å². The van der Waals surface area contributed by atoms with Gasteiger partial charge in [0.2, 0.25) is 0 Å². The van der Waals surface area contributed by atoms with Crippen molar-refractivity contribution in [3.63, 3.8) is 0 Å². The van der Waals surface area contributed by atoms with Crippen LogP contribution in [-0.2, 0) is 0 Å². The van der Waals surface area contributed by atoms with Crippen molar-refractivity contribution in [2.24, 2.45) is 0 Å². The van der Waals surface area contributed by atoms with E-state index in [1.165, 1.54) is 0 Å². The predicted octanol–water partition coefficient (Wildman–Crippen LogP) is 2.98. The Kier molecular flexibility index (Phi) is 3.59. The molecular weight excluding hydrogens is 330 g/mol. The van der Waals surface area contributed by atoms with Crippen molar-refractivity contribution in [3.05, 3.63) is 26.0 Å². The summed E-state index contributed by atoms with van der Waals surface area (Å²) in [6, 6.07) is 1.00. The van der Waals surface area contributed by atoms with E-state index >= 15 is 0 Å². The molecule has 1 N–H and O–H groups in total. The van der Waals surface area contributed by atoms with Gasteiger partial charge in [-0.05, 0) is 28.7 Å². The van der Waals surface area contributed by atoms with Crippen LogP contribution in [0.1, 0.15) is 22.5 Å². The molecule has 0 saturated heterocycles. The molecule has 1 rings (SSSR count). The van der Waals surface area contributed by atoms with Crippen LogP contribution in [0, 0.1) is 3.57 Å². The maximum absolute atomic E-state index is 12.2. The predicted molar refractivity (Wildman–Crippen MR) is 53.9 cm³/mol. The zero-order valence-electron chi connectivity index (χ0n) is 6.47. The minimum atomic E-state index is -2.76. The highest BCUT2D eigenvalue weighted by atomic mass is 127. The maximum atomic E-state index is 12.2. The third-order valence-electron chi connectivity index (χ3n) is 1.38. The van der Waals surface area contributed by atoms with Crippen molar-refractivity contribution < 1.29 is 18.7 Å². The Balaban J connectivity index is 3.32. The summed E-state index contributed by atoms with van der Waals surface area (Å²) in [7, 11) is 0. The van der Waals surface area contributed by atoms with E-state index in [1.807, 2.05) is 0 Å². The van der Waals surface area contributed by atoms with E-state index < -0.39 is 23.2 Å². The molecule has 0 atom stereocenters. The van der Waals surface area contributed by atoms with Gasteiger partial charge in [0.25, 0.3) is 6.43 Å². The van der Waals surface area contributed by atoms with Crippen LogP contribution in [0.3, 0.4) is 0 Å². The van der Waals surface area contributed by atoms with E-state index in [1.54, 1.807) is 22.6 Å². The van der Waals surface area contributed by atoms with Crippen molar-refractivity contribution >= 4 is 40.2 Å². The second-order valence-electron chi connectivity index (χ2n) is 2.30. The molecule has 0 aliphatic rings. The highest BCUT2D eigenvalue weighted by molar-refractivity contribution is 14.1. The first kappa shape index (κ1) is 11.6. The topological polar surface area (TPSA) is 50.2 Å². The molecule has 0 aromatic carbocycles. The molecule has 3 nitrogen and oxygen atoms in total. The molecule has 1 aromatic heterocycles. The van der Waals surface area contributed by atoms with Crippen molar-refractivity contribution in [1.82, 2.24) is 4.98 Å². The van der Waals surface area contributed by atoms with Crippen molar-refractivity contribution in [2.45, 2.75) is 6.43 Å². The number of hydrogen-bond donors (Lipinski definition) is 1. The molecule has 1 aromatic rings. The number of carbonyl (C=O) groups is 1. The number of alkyl halides is 2. The Bertz CT molecular complexity index is 363. The summed E-state index contributed by atoms with van der Waals surface area (Å²) in [4.78, 5) is 13.9. The van der Waals surface area contributed by atoms with Gasteiger partial charge in [-0.2, -0.15) is 0 Å². The van der Waals surface area contributed by atoms with Crippen LogP contribution < -0.4 is 0 Å². The normalized spacial score (nSPS) is 10.6. The fourth-order valence-electron chi connectivity index (χ4n) is 0.804. The molecule has 0 amide bonds. The summed E-state index contributed by atoms with van der Waals surface area (Å²) in [5.41, 5.74) is -0.777. The fourth-order valence-corrected chi connectivity index (χ4v) is 2.05. The lowest BCUT2D eigenvalue weighted by molar-refractivity contribution is 0.0694. The number of pyridine rings is 1. The maximum Gasteiger partial charge on any atom is 0.339 e. The summed E-state index contributed by atoms with van der Waals surface area (Å²) in [6.07, 6.45) is -2.76. The summed E-state index contributed by atoms with van der Waals surface area (Å²) in [6.45, 7) is 0. The van der Waals surface area contributed by atoms with Crippen molar-refractivity contribution in [2.75, 3.05) is 0 Å². The highest BCUT2D eigenvalue weighted by Gasteiger charge is 2.19. The Morgan fingerprint density at radius 3 is 2.57 bits per heavy atom. The summed E-state index contributed by atoms with van der Waals surface area (Å²) in [5, 5.41) is 8.24. The Labute approximate surface area is 96.2 Å². The van der Waals surface area contributed by atoms with E-state index in [0.29, 0.717) is 0 Å². The molecule has 7 heteroatoms. The third kappa shape index (κ3) is 2.30. The van der Waals surface area contributed by atoms with E-state index in [4.69, 9.17) is 16.7 Å². The number of rotatable bonds is 2. The molecule has 0 radical (unpaired) electrons. The van der Waals surface area contributed by atoms with Gasteiger partial charge in [0.15, 0.2) is 0 Å². The molecule has 0 bridgehead atoms. The molecule has 0 unspecified atom stereocenters. The molecule has 0 aliphatic heterocycles. The van der Waals surface area contributed by atoms with Gasteiger partial charge in [-0.25, -0.2) is 18.6 Å². The zero-order chi connectivity index (χ0) is 10.9. The van der Waals surface area contributed by atoms with E-state index in [2.05, 4.69) is 4.98 Å². The molecule has 0 aliphatic carbocycles. The van der Waals surface area contributed by atoms with Gasteiger partial charge < -0.3 is 5.11 Å². The molecular formula is C7H3ClF2INO2. The van der Waals surface area contributed by atoms with Crippen LogP contribution in [0.2, 0.25) is 5.15 Å². The van der Waals surface area contributed by atoms with Gasteiger partial charge in [0, 0.05) is 3.57 Å². The molecule has 14 heavy (non-hydrogen) atoms. The number of carboxylic acids is 1. The van der Waals surface area contributed by atoms with E-state index in [0.717, 1.165) is 6.07 Å². The van der Waals surface area contributed by atoms with Gasteiger partial charge in [-0.1, -0.05) is 11.6 Å². The minimum Gasteiger partial charge on any atom is -0.478 e. The van der Waals surface area contributed by atoms with Crippen molar-refractivity contribution in [1.29, 1.82) is 0 Å². The summed E-state index contributed by atoms with van der Waals surface area (Å²) in [5.74, 6) is -1.28. The fraction of sp³-hybridized carbons (Fsp3) is 0.143.